The number of esters is 1. The zero-order chi connectivity index (χ0) is 17.5. The minimum atomic E-state index is -0.317. The first kappa shape index (κ1) is 17.7. The number of hydrogen-bond donors (Lipinski definition) is 2. The van der Waals surface area contributed by atoms with Gasteiger partial charge in [-0.3, -0.25) is 0 Å². The molecule has 2 aromatic rings. The van der Waals surface area contributed by atoms with Crippen LogP contribution in [0.2, 0.25) is 0 Å². The maximum atomic E-state index is 11.7. The van der Waals surface area contributed by atoms with Gasteiger partial charge < -0.3 is 15.4 Å². The summed E-state index contributed by atoms with van der Waals surface area (Å²) in [6, 6.07) is 8.98. The highest BCUT2D eigenvalue weighted by Gasteiger charge is 2.07. The second-order valence-corrected chi connectivity index (χ2v) is 5.92. The zero-order valence-electron chi connectivity index (χ0n) is 14.6. The maximum absolute atomic E-state index is 11.7. The van der Waals surface area contributed by atoms with E-state index in [9.17, 15) is 4.79 Å². The highest BCUT2D eigenvalue weighted by Crippen LogP contribution is 2.18. The van der Waals surface area contributed by atoms with Gasteiger partial charge in [0.2, 0.25) is 5.95 Å². The molecule has 6 nitrogen and oxygen atoms in total. The number of nitrogens with one attached hydrogen (secondary N) is 2. The van der Waals surface area contributed by atoms with E-state index in [4.69, 9.17) is 4.74 Å². The van der Waals surface area contributed by atoms with E-state index in [1.807, 2.05) is 25.1 Å². The van der Waals surface area contributed by atoms with E-state index >= 15 is 0 Å². The predicted molar refractivity (Wildman–Crippen MR) is 95.8 cm³/mol. The van der Waals surface area contributed by atoms with Crippen molar-refractivity contribution in [1.29, 1.82) is 0 Å². The molecule has 0 fully saturated rings. The van der Waals surface area contributed by atoms with Gasteiger partial charge in [0.15, 0.2) is 0 Å². The van der Waals surface area contributed by atoms with Crippen molar-refractivity contribution in [2.75, 3.05) is 23.8 Å². The van der Waals surface area contributed by atoms with Gasteiger partial charge in [0.05, 0.1) is 12.2 Å². The molecule has 0 aliphatic carbocycles. The summed E-state index contributed by atoms with van der Waals surface area (Å²) in [4.78, 5) is 20.5. The molecule has 0 unspecified atom stereocenters. The van der Waals surface area contributed by atoms with Crippen LogP contribution in [-0.2, 0) is 4.74 Å². The summed E-state index contributed by atoms with van der Waals surface area (Å²) in [6.07, 6.45) is 0. The number of carbonyl (C=O) groups excluding carboxylic acids is 1. The molecular formula is C18H24N4O2. The monoisotopic (exact) mass is 328 g/mol. The lowest BCUT2D eigenvalue weighted by molar-refractivity contribution is 0.0526. The molecule has 0 bridgehead atoms. The van der Waals surface area contributed by atoms with Crippen LogP contribution >= 0.6 is 0 Å². The van der Waals surface area contributed by atoms with Crippen molar-refractivity contribution in [1.82, 2.24) is 9.97 Å². The number of hydrogen-bond acceptors (Lipinski definition) is 6. The van der Waals surface area contributed by atoms with Gasteiger partial charge in [-0.2, -0.15) is 4.98 Å². The van der Waals surface area contributed by atoms with Crippen molar-refractivity contribution in [2.24, 2.45) is 5.92 Å². The van der Waals surface area contributed by atoms with Crippen LogP contribution in [0.25, 0.3) is 0 Å². The smallest absolute Gasteiger partial charge is 0.338 e. The van der Waals surface area contributed by atoms with Crippen LogP contribution in [0.5, 0.6) is 0 Å². The predicted octanol–water partition coefficient (Wildman–Crippen LogP) is 3.77. The summed E-state index contributed by atoms with van der Waals surface area (Å²) < 4.78 is 4.98. The molecule has 0 aliphatic heterocycles. The van der Waals surface area contributed by atoms with E-state index in [1.165, 1.54) is 0 Å². The minimum absolute atomic E-state index is 0.317. The Morgan fingerprint density at radius 1 is 1.21 bits per heavy atom. The molecule has 2 rings (SSSR count). The minimum Gasteiger partial charge on any atom is -0.462 e. The molecule has 0 saturated heterocycles. The Balaban J connectivity index is 2.08. The summed E-state index contributed by atoms with van der Waals surface area (Å²) in [7, 11) is 0. The van der Waals surface area contributed by atoms with Crippen molar-refractivity contribution < 1.29 is 9.53 Å². The van der Waals surface area contributed by atoms with Gasteiger partial charge in [-0.05, 0) is 44.0 Å². The Kier molecular flexibility index (Phi) is 6.12. The molecule has 128 valence electrons. The van der Waals surface area contributed by atoms with E-state index in [0.29, 0.717) is 29.9 Å². The number of aromatic nitrogens is 2. The van der Waals surface area contributed by atoms with Crippen molar-refractivity contribution in [2.45, 2.75) is 27.7 Å². The van der Waals surface area contributed by atoms with E-state index in [0.717, 1.165) is 17.9 Å². The number of aryl methyl sites for hydroxylation is 1. The molecule has 0 amide bonds. The summed E-state index contributed by atoms with van der Waals surface area (Å²) in [5.41, 5.74) is 2.25. The van der Waals surface area contributed by atoms with Gasteiger partial charge in [-0.15, -0.1) is 0 Å². The van der Waals surface area contributed by atoms with Crippen LogP contribution in [0.1, 0.15) is 36.8 Å². The maximum Gasteiger partial charge on any atom is 0.338 e. The third-order valence-electron chi connectivity index (χ3n) is 3.19. The van der Waals surface area contributed by atoms with Crippen molar-refractivity contribution in [3.05, 3.63) is 41.6 Å². The molecule has 0 saturated carbocycles. The van der Waals surface area contributed by atoms with Gasteiger partial charge in [-0.25, -0.2) is 9.78 Å². The van der Waals surface area contributed by atoms with Gasteiger partial charge in [0.25, 0.3) is 0 Å². The van der Waals surface area contributed by atoms with Crippen LogP contribution in [0.3, 0.4) is 0 Å². The van der Waals surface area contributed by atoms with E-state index in [-0.39, 0.29) is 5.97 Å². The topological polar surface area (TPSA) is 76.1 Å². The number of ether oxygens (including phenoxy) is 1. The van der Waals surface area contributed by atoms with Crippen LogP contribution in [-0.4, -0.2) is 29.1 Å². The summed E-state index contributed by atoms with van der Waals surface area (Å²) in [6.45, 7) is 9.16. The van der Waals surface area contributed by atoms with Gasteiger partial charge in [0.1, 0.15) is 5.82 Å². The largest absolute Gasteiger partial charge is 0.462 e. The number of carbonyl (C=O) groups is 1. The van der Waals surface area contributed by atoms with E-state index in [1.54, 1.807) is 19.1 Å². The summed E-state index contributed by atoms with van der Waals surface area (Å²) in [5, 5.41) is 6.45. The molecular weight excluding hydrogens is 304 g/mol. The molecule has 1 heterocycles. The fourth-order valence-electron chi connectivity index (χ4n) is 2.06. The van der Waals surface area contributed by atoms with Gasteiger partial charge in [0, 0.05) is 24.0 Å². The quantitative estimate of drug-likeness (QED) is 0.753. The van der Waals surface area contributed by atoms with Gasteiger partial charge >= 0.3 is 5.97 Å². The van der Waals surface area contributed by atoms with Crippen molar-refractivity contribution in [3.8, 4) is 0 Å². The average molecular weight is 328 g/mol. The van der Waals surface area contributed by atoms with E-state index < -0.39 is 0 Å². The Morgan fingerprint density at radius 3 is 2.54 bits per heavy atom. The first-order valence-electron chi connectivity index (χ1n) is 8.11. The highest BCUT2D eigenvalue weighted by atomic mass is 16.5. The first-order valence-corrected chi connectivity index (χ1v) is 8.11. The molecule has 0 atom stereocenters. The van der Waals surface area contributed by atoms with Crippen LogP contribution in [0.4, 0.5) is 17.5 Å². The standard InChI is InChI=1S/C18H24N4O2/c1-5-24-17(23)14-6-8-15(9-7-14)21-16-10-13(4)20-18(22-16)19-11-12(2)3/h6-10,12H,5,11H2,1-4H3,(H2,19,20,21,22). The van der Waals surface area contributed by atoms with E-state index in [2.05, 4.69) is 34.4 Å². The van der Waals surface area contributed by atoms with Crippen molar-refractivity contribution >= 4 is 23.4 Å². The average Bonchev–Trinajstić information content (AvgIpc) is 2.53. The molecule has 2 N–H and O–H groups in total. The number of nitrogens with zero attached hydrogens (tertiary/aromatic N) is 2. The Morgan fingerprint density at radius 2 is 1.92 bits per heavy atom. The molecule has 1 aromatic carbocycles. The molecule has 6 heteroatoms. The Labute approximate surface area is 142 Å². The highest BCUT2D eigenvalue weighted by molar-refractivity contribution is 5.89. The molecule has 0 spiro atoms. The number of rotatable bonds is 7. The summed E-state index contributed by atoms with van der Waals surface area (Å²) in [5.74, 6) is 1.51. The normalized spacial score (nSPS) is 10.5. The SMILES string of the molecule is CCOC(=O)c1ccc(Nc2cc(C)nc(NCC(C)C)n2)cc1. The lowest BCUT2D eigenvalue weighted by atomic mass is 10.2. The Hall–Kier alpha value is -2.63. The van der Waals surface area contributed by atoms with Crippen LogP contribution in [0.15, 0.2) is 30.3 Å². The second-order valence-electron chi connectivity index (χ2n) is 5.92. The third-order valence-corrected chi connectivity index (χ3v) is 3.19. The molecule has 0 radical (unpaired) electrons. The fourth-order valence-corrected chi connectivity index (χ4v) is 2.06. The number of anilines is 3. The van der Waals surface area contributed by atoms with Crippen LogP contribution < -0.4 is 10.6 Å². The van der Waals surface area contributed by atoms with Crippen LogP contribution in [0, 0.1) is 12.8 Å². The zero-order valence-corrected chi connectivity index (χ0v) is 14.6. The lowest BCUT2D eigenvalue weighted by Gasteiger charge is -2.11. The number of benzene rings is 1. The molecule has 24 heavy (non-hydrogen) atoms. The third kappa shape index (κ3) is 5.22. The molecule has 0 aliphatic rings. The first-order chi connectivity index (χ1) is 11.5. The van der Waals surface area contributed by atoms with Crippen molar-refractivity contribution in [3.63, 3.8) is 0 Å². The fraction of sp³-hybridized carbons (Fsp3) is 0.389. The lowest BCUT2D eigenvalue weighted by Crippen LogP contribution is -2.11. The Bertz CT molecular complexity index is 684. The van der Waals surface area contributed by atoms with Gasteiger partial charge in [-0.1, -0.05) is 13.8 Å². The molecule has 1 aromatic heterocycles. The summed E-state index contributed by atoms with van der Waals surface area (Å²) >= 11 is 0. The second kappa shape index (κ2) is 8.29.